The number of carbonyl (C=O) groups is 3. The number of aryl methyl sites for hydroxylation is 1. The minimum Gasteiger partial charge on any atom is -0.397 e. The van der Waals surface area contributed by atoms with Gasteiger partial charge in [-0.2, -0.15) is 13.2 Å². The molecule has 5 atom stereocenters. The quantitative estimate of drug-likeness (QED) is 0.201. The smallest absolute Gasteiger partial charge is 0.397 e. The topological polar surface area (TPSA) is 92.5 Å². The number of carbonyl (C=O) groups excluding carboxylic acids is 3. The lowest BCUT2D eigenvalue weighted by atomic mass is 9.77. The van der Waals surface area contributed by atoms with Gasteiger partial charge in [-0.25, -0.2) is 0 Å². The van der Waals surface area contributed by atoms with Crippen LogP contribution in [-0.4, -0.2) is 35.6 Å². The number of nitrogens with two attached hydrogens (primary N) is 1. The minimum atomic E-state index is -4.70. The molecule has 6 nitrogen and oxygen atoms in total. The molecule has 50 heavy (non-hydrogen) atoms. The van der Waals surface area contributed by atoms with E-state index in [9.17, 15) is 27.6 Å². The summed E-state index contributed by atoms with van der Waals surface area (Å²) in [5.74, 6) is -0.0391. The van der Waals surface area contributed by atoms with Crippen LogP contribution in [0, 0.1) is 35.0 Å². The molecule has 3 fully saturated rings. The van der Waals surface area contributed by atoms with Crippen molar-refractivity contribution in [1.29, 1.82) is 0 Å². The summed E-state index contributed by atoms with van der Waals surface area (Å²) in [7, 11) is 0. The van der Waals surface area contributed by atoms with Gasteiger partial charge in [-0.05, 0) is 111 Å². The molecule has 1 saturated heterocycles. The second-order valence-electron chi connectivity index (χ2n) is 15.3. The maximum absolute atomic E-state index is 14.2. The zero-order valence-corrected chi connectivity index (χ0v) is 29.5. The summed E-state index contributed by atoms with van der Waals surface area (Å²) < 4.78 is 41.5. The molecule has 2 aliphatic heterocycles. The van der Waals surface area contributed by atoms with Crippen LogP contribution in [0.3, 0.4) is 0 Å². The van der Waals surface area contributed by atoms with Gasteiger partial charge in [0.05, 0.1) is 21.7 Å². The number of alkyl halides is 3. The monoisotopic (exact) mass is 711 g/mol. The number of nitrogens with zero attached hydrogens (tertiary/aromatic N) is 1. The molecule has 2 aromatic carbocycles. The molecule has 2 heterocycles. The third-order valence-corrected chi connectivity index (χ3v) is 12.5. The summed E-state index contributed by atoms with van der Waals surface area (Å²) in [5.41, 5.74) is 6.10. The first kappa shape index (κ1) is 36.5. The van der Waals surface area contributed by atoms with E-state index in [4.69, 9.17) is 17.3 Å². The average Bonchev–Trinajstić information content (AvgIpc) is 3.84. The third-order valence-electron chi connectivity index (χ3n) is 12.2. The fourth-order valence-electron chi connectivity index (χ4n) is 9.19. The summed E-state index contributed by atoms with van der Waals surface area (Å²) in [6.07, 6.45) is 7.45. The summed E-state index contributed by atoms with van der Waals surface area (Å²) in [6, 6.07) is 10.3. The molecule has 1 spiro atoms. The Morgan fingerprint density at radius 1 is 1.08 bits per heavy atom. The summed E-state index contributed by atoms with van der Waals surface area (Å²) in [5, 5.41) is 2.96. The van der Waals surface area contributed by atoms with Crippen LogP contribution in [-0.2, 0) is 33.4 Å². The van der Waals surface area contributed by atoms with Crippen molar-refractivity contribution in [3.05, 3.63) is 70.8 Å². The number of ketones is 1. The highest BCUT2D eigenvalue weighted by Crippen LogP contribution is 2.62. The zero-order chi connectivity index (χ0) is 35.6. The van der Waals surface area contributed by atoms with Crippen LogP contribution >= 0.6 is 11.6 Å². The highest BCUT2D eigenvalue weighted by atomic mass is 35.5. The molecule has 2 amide bonds. The molecule has 4 aliphatic rings. The summed E-state index contributed by atoms with van der Waals surface area (Å²) >= 11 is 6.17. The van der Waals surface area contributed by atoms with Crippen molar-refractivity contribution in [2.24, 2.45) is 35.0 Å². The molecule has 0 radical (unpaired) electrons. The number of allylic oxidation sites excluding steroid dienone is 1. The molecule has 270 valence electrons. The standard InChI is InChI=1S/C40H49ClF3N3O3/c1-2-7-25-8-3-4-10-29(13-12-25)37(49)30(20-26-21-31(40(42,43)44)36(45)33(41)22-26)23-35(48)47-18-15-27(16-19-47)32-24-39(32)17-14-28-9-5-6-11-34(28)46-38(39)50/h2,5-6,9,11,21-22,25,27,29-30,32H,1,3-4,7-8,10,12-20,23-24,45H2,(H,46,50)/t25?,29?,30-,32?,39?/m0/s1. The molecular weight excluding hydrogens is 663 g/mol. The fourth-order valence-corrected chi connectivity index (χ4v) is 9.43. The average molecular weight is 712 g/mol. The van der Waals surface area contributed by atoms with E-state index in [0.29, 0.717) is 37.8 Å². The number of anilines is 2. The maximum atomic E-state index is 14.2. The largest absolute Gasteiger partial charge is 0.418 e. The predicted octanol–water partition coefficient (Wildman–Crippen LogP) is 9.05. The van der Waals surface area contributed by atoms with E-state index < -0.39 is 23.3 Å². The van der Waals surface area contributed by atoms with Crippen LogP contribution in [0.1, 0.15) is 93.7 Å². The van der Waals surface area contributed by atoms with Gasteiger partial charge < -0.3 is 16.0 Å². The Bertz CT molecular complexity index is 1600. The van der Waals surface area contributed by atoms with Crippen molar-refractivity contribution in [3.63, 3.8) is 0 Å². The zero-order valence-electron chi connectivity index (χ0n) is 28.7. The molecule has 3 N–H and O–H groups in total. The molecule has 6 rings (SSSR count). The number of para-hydroxylation sites is 1. The lowest BCUT2D eigenvalue weighted by Crippen LogP contribution is -2.41. The Morgan fingerprint density at radius 3 is 2.56 bits per heavy atom. The van der Waals surface area contributed by atoms with Crippen molar-refractivity contribution in [2.75, 3.05) is 24.1 Å². The third kappa shape index (κ3) is 7.93. The Hall–Kier alpha value is -3.33. The number of hydrogen-bond donors (Lipinski definition) is 2. The second kappa shape index (κ2) is 15.1. The van der Waals surface area contributed by atoms with Gasteiger partial charge in [0.1, 0.15) is 5.78 Å². The molecule has 0 bridgehead atoms. The number of nitrogens with one attached hydrogen (secondary N) is 1. The van der Waals surface area contributed by atoms with E-state index in [1.165, 1.54) is 11.6 Å². The number of Topliss-reactive ketones (excluding diaryl/α,β-unsaturated/α-hetero) is 1. The van der Waals surface area contributed by atoms with Gasteiger partial charge in [0, 0.05) is 37.0 Å². The molecule has 2 aliphatic carbocycles. The highest BCUT2D eigenvalue weighted by molar-refractivity contribution is 6.33. The molecule has 0 aromatic heterocycles. The van der Waals surface area contributed by atoms with E-state index in [0.717, 1.165) is 76.0 Å². The number of rotatable bonds is 9. The van der Waals surface area contributed by atoms with Gasteiger partial charge >= 0.3 is 6.18 Å². The van der Waals surface area contributed by atoms with Gasteiger partial charge in [-0.3, -0.25) is 14.4 Å². The molecule has 4 unspecified atom stereocenters. The Balaban J connectivity index is 1.13. The van der Waals surface area contributed by atoms with Gasteiger partial charge in [-0.1, -0.05) is 55.1 Å². The summed E-state index contributed by atoms with van der Waals surface area (Å²) in [6.45, 7) is 4.96. The normalized spacial score (nSPS) is 26.6. The molecular formula is C40H49ClF3N3O3. The van der Waals surface area contributed by atoms with Gasteiger partial charge in [-0.15, -0.1) is 6.58 Å². The van der Waals surface area contributed by atoms with Crippen LogP contribution in [0.15, 0.2) is 49.1 Å². The van der Waals surface area contributed by atoms with Crippen molar-refractivity contribution in [3.8, 4) is 0 Å². The number of amides is 2. The lowest BCUT2D eigenvalue weighted by Gasteiger charge is -2.34. The number of fused-ring (bicyclic) bond motifs is 1. The van der Waals surface area contributed by atoms with E-state index >= 15 is 0 Å². The lowest BCUT2D eigenvalue weighted by molar-refractivity contribution is -0.138. The number of halogens is 4. The predicted molar refractivity (Wildman–Crippen MR) is 190 cm³/mol. The van der Waals surface area contributed by atoms with E-state index in [-0.39, 0.29) is 58.3 Å². The molecule has 2 saturated carbocycles. The number of likely N-dealkylation sites (tertiary alicyclic amines) is 1. The fraction of sp³-hybridized carbons (Fsp3) is 0.575. The van der Waals surface area contributed by atoms with Crippen molar-refractivity contribution in [2.45, 2.75) is 96.1 Å². The van der Waals surface area contributed by atoms with E-state index in [2.05, 4.69) is 18.0 Å². The van der Waals surface area contributed by atoms with Gasteiger partial charge in [0.15, 0.2) is 0 Å². The van der Waals surface area contributed by atoms with Crippen molar-refractivity contribution in [1.82, 2.24) is 4.90 Å². The van der Waals surface area contributed by atoms with Crippen LogP contribution in [0.5, 0.6) is 0 Å². The maximum Gasteiger partial charge on any atom is 0.418 e. The number of benzene rings is 2. The van der Waals surface area contributed by atoms with Crippen molar-refractivity contribution >= 4 is 40.6 Å². The first-order valence-corrected chi connectivity index (χ1v) is 18.7. The molecule has 10 heteroatoms. The van der Waals surface area contributed by atoms with Gasteiger partial charge in [0.25, 0.3) is 0 Å². The number of hydrogen-bond acceptors (Lipinski definition) is 4. The SMILES string of the molecule is C=CCC1CCCCC(C(=O)[C@H](CC(=O)N2CCC(C3CC34CCc3ccccc3NC4=O)CC2)Cc2cc(Cl)c(N)c(C(F)(F)F)c2)CC1. The van der Waals surface area contributed by atoms with Crippen LogP contribution < -0.4 is 11.1 Å². The van der Waals surface area contributed by atoms with Crippen LogP contribution in [0.2, 0.25) is 5.02 Å². The second-order valence-corrected chi connectivity index (χ2v) is 15.7. The number of nitrogen functional groups attached to an aromatic ring is 1. The minimum absolute atomic E-state index is 0.0151. The van der Waals surface area contributed by atoms with Crippen LogP contribution in [0.25, 0.3) is 0 Å². The Labute approximate surface area is 298 Å². The van der Waals surface area contributed by atoms with Gasteiger partial charge in [0.2, 0.25) is 11.8 Å². The highest BCUT2D eigenvalue weighted by Gasteiger charge is 2.62. The summed E-state index contributed by atoms with van der Waals surface area (Å²) in [4.78, 5) is 43.3. The Kier molecular flexibility index (Phi) is 11.0. The first-order chi connectivity index (χ1) is 23.9. The van der Waals surface area contributed by atoms with Crippen LogP contribution in [0.4, 0.5) is 24.5 Å². The van der Waals surface area contributed by atoms with Crippen molar-refractivity contribution < 1.29 is 27.6 Å². The first-order valence-electron chi connectivity index (χ1n) is 18.4. The number of piperidine rings is 1. The van der Waals surface area contributed by atoms with E-state index in [1.54, 1.807) is 0 Å². The Morgan fingerprint density at radius 2 is 1.82 bits per heavy atom. The molecule has 2 aromatic rings. The van der Waals surface area contributed by atoms with E-state index in [1.807, 2.05) is 29.2 Å².